The van der Waals surface area contributed by atoms with Crippen molar-refractivity contribution in [1.29, 1.82) is 0 Å². The van der Waals surface area contributed by atoms with Gasteiger partial charge >= 0.3 is 12.1 Å². The topological polar surface area (TPSA) is 74.1 Å². The fourth-order valence-corrected chi connectivity index (χ4v) is 2.52. The monoisotopic (exact) mass is 377 g/mol. The Morgan fingerprint density at radius 3 is 2.56 bits per heavy atom. The molecule has 0 aliphatic rings. The summed E-state index contributed by atoms with van der Waals surface area (Å²) in [6, 6.07) is 11.5. The van der Waals surface area contributed by atoms with Crippen LogP contribution in [0.3, 0.4) is 0 Å². The van der Waals surface area contributed by atoms with Crippen molar-refractivity contribution in [1.82, 2.24) is 15.0 Å². The van der Waals surface area contributed by atoms with Gasteiger partial charge in [-0.25, -0.2) is 4.68 Å². The molecule has 0 amide bonds. The van der Waals surface area contributed by atoms with Gasteiger partial charge in [0.2, 0.25) is 0 Å². The van der Waals surface area contributed by atoms with Crippen LogP contribution in [0.2, 0.25) is 0 Å². The van der Waals surface area contributed by atoms with Gasteiger partial charge in [-0.05, 0) is 18.2 Å². The number of alkyl halides is 3. The normalized spacial score (nSPS) is 11.5. The summed E-state index contributed by atoms with van der Waals surface area (Å²) in [5.74, 6) is -0.742. The fraction of sp³-hybridized carbons (Fsp3) is 0.222. The lowest BCUT2D eigenvalue weighted by Gasteiger charge is -2.12. The number of fused-ring (bicyclic) bond motifs is 1. The van der Waals surface area contributed by atoms with Gasteiger partial charge in [0.15, 0.2) is 0 Å². The van der Waals surface area contributed by atoms with Crippen LogP contribution >= 0.6 is 0 Å². The first-order chi connectivity index (χ1) is 12.9. The third-order valence-electron chi connectivity index (χ3n) is 3.87. The number of benzene rings is 2. The Hall–Kier alpha value is -3.23. The zero-order valence-corrected chi connectivity index (χ0v) is 13.9. The number of halogens is 3. The van der Waals surface area contributed by atoms with Gasteiger partial charge in [0, 0.05) is 5.56 Å². The Kier molecular flexibility index (Phi) is 5.20. The predicted molar refractivity (Wildman–Crippen MR) is 89.7 cm³/mol. The smallest absolute Gasteiger partial charge is 0.416 e. The van der Waals surface area contributed by atoms with E-state index in [1.807, 2.05) is 0 Å². The fourth-order valence-electron chi connectivity index (χ4n) is 2.52. The minimum atomic E-state index is -4.53. The summed E-state index contributed by atoms with van der Waals surface area (Å²) in [5.41, 5.74) is -0.962. The number of ether oxygens (including phenoxy) is 1. The molecule has 2 aromatic carbocycles. The lowest BCUT2D eigenvalue weighted by molar-refractivity contribution is -0.148. The number of esters is 1. The lowest BCUT2D eigenvalue weighted by Crippen LogP contribution is -2.25. The first-order valence-electron chi connectivity index (χ1n) is 7.99. The van der Waals surface area contributed by atoms with Crippen molar-refractivity contribution in [3.05, 3.63) is 70.0 Å². The molecule has 0 radical (unpaired) electrons. The molecule has 0 saturated carbocycles. The highest BCUT2D eigenvalue weighted by atomic mass is 19.4. The number of rotatable bonds is 5. The second kappa shape index (κ2) is 7.56. The van der Waals surface area contributed by atoms with Gasteiger partial charge in [-0.3, -0.25) is 9.59 Å². The summed E-state index contributed by atoms with van der Waals surface area (Å²) < 4.78 is 44.7. The van der Waals surface area contributed by atoms with Crippen LogP contribution in [0.5, 0.6) is 0 Å². The third kappa shape index (κ3) is 4.30. The first-order valence-corrected chi connectivity index (χ1v) is 7.99. The molecule has 9 heteroatoms. The minimum Gasteiger partial charge on any atom is -0.461 e. The molecule has 0 fully saturated rings. The molecule has 27 heavy (non-hydrogen) atoms. The van der Waals surface area contributed by atoms with Gasteiger partial charge in [-0.2, -0.15) is 13.2 Å². The standard InChI is InChI=1S/C18H14F3N3O3/c19-18(20,21)14-7-3-1-5-12(14)11-27-16(25)9-10-24-17(26)13-6-2-4-8-15(13)22-23-24/h1-8H,9-11H2. The first kappa shape index (κ1) is 18.6. The molecule has 0 spiro atoms. The second-order valence-electron chi connectivity index (χ2n) is 5.70. The van der Waals surface area contributed by atoms with Crippen molar-refractivity contribution >= 4 is 16.9 Å². The van der Waals surface area contributed by atoms with Crippen LogP contribution in [0.1, 0.15) is 17.5 Å². The van der Waals surface area contributed by atoms with Crippen molar-refractivity contribution < 1.29 is 22.7 Å². The summed E-state index contributed by atoms with van der Waals surface area (Å²) >= 11 is 0. The zero-order chi connectivity index (χ0) is 19.4. The van der Waals surface area contributed by atoms with Gasteiger partial charge < -0.3 is 4.74 Å². The van der Waals surface area contributed by atoms with Crippen LogP contribution in [0, 0.1) is 0 Å². The van der Waals surface area contributed by atoms with Crippen LogP contribution in [0.15, 0.2) is 53.3 Å². The van der Waals surface area contributed by atoms with Crippen LogP contribution in [0.25, 0.3) is 10.9 Å². The summed E-state index contributed by atoms with van der Waals surface area (Å²) in [5, 5.41) is 7.99. The minimum absolute atomic E-state index is 0.0869. The van der Waals surface area contributed by atoms with E-state index >= 15 is 0 Å². The molecule has 1 heterocycles. The number of hydrogen-bond acceptors (Lipinski definition) is 5. The Morgan fingerprint density at radius 2 is 1.78 bits per heavy atom. The number of carbonyl (C=O) groups excluding carboxylic acids is 1. The largest absolute Gasteiger partial charge is 0.461 e. The summed E-state index contributed by atoms with van der Waals surface area (Å²) in [4.78, 5) is 24.1. The summed E-state index contributed by atoms with van der Waals surface area (Å²) in [7, 11) is 0. The third-order valence-corrected chi connectivity index (χ3v) is 3.87. The number of aromatic nitrogens is 3. The Balaban J connectivity index is 1.63. The van der Waals surface area contributed by atoms with Crippen molar-refractivity contribution in [2.24, 2.45) is 0 Å². The number of carbonyl (C=O) groups is 1. The maximum absolute atomic E-state index is 12.9. The van der Waals surface area contributed by atoms with E-state index in [1.54, 1.807) is 24.3 Å². The van der Waals surface area contributed by atoms with Crippen LogP contribution in [-0.2, 0) is 28.9 Å². The highest BCUT2D eigenvalue weighted by Gasteiger charge is 2.33. The van der Waals surface area contributed by atoms with Crippen molar-refractivity contribution in [2.75, 3.05) is 0 Å². The van der Waals surface area contributed by atoms with Crippen molar-refractivity contribution in [2.45, 2.75) is 25.7 Å². The Morgan fingerprint density at radius 1 is 1.07 bits per heavy atom. The SMILES string of the molecule is O=C(CCn1nnc2ccccc2c1=O)OCc1ccccc1C(F)(F)F. The molecule has 6 nitrogen and oxygen atoms in total. The predicted octanol–water partition coefficient (Wildman–Crippen LogP) is 2.94. The van der Waals surface area contributed by atoms with E-state index in [9.17, 15) is 22.8 Å². The van der Waals surface area contributed by atoms with Crippen LogP contribution < -0.4 is 5.56 Å². The average molecular weight is 377 g/mol. The molecule has 0 aliphatic carbocycles. The molecule has 0 N–H and O–H groups in total. The van der Waals surface area contributed by atoms with Crippen LogP contribution in [-0.4, -0.2) is 21.0 Å². The van der Waals surface area contributed by atoms with E-state index in [2.05, 4.69) is 10.3 Å². The van der Waals surface area contributed by atoms with E-state index in [1.165, 1.54) is 18.2 Å². The highest BCUT2D eigenvalue weighted by molar-refractivity contribution is 5.76. The van der Waals surface area contributed by atoms with E-state index in [-0.39, 0.29) is 18.5 Å². The molecular weight excluding hydrogens is 363 g/mol. The maximum Gasteiger partial charge on any atom is 0.416 e. The van der Waals surface area contributed by atoms with Crippen molar-refractivity contribution in [3.8, 4) is 0 Å². The van der Waals surface area contributed by atoms with E-state index in [0.29, 0.717) is 10.9 Å². The molecule has 3 aromatic rings. The molecular formula is C18H14F3N3O3. The molecule has 1 aromatic heterocycles. The Bertz CT molecular complexity index is 1030. The molecule has 0 saturated heterocycles. The van der Waals surface area contributed by atoms with Crippen LogP contribution in [0.4, 0.5) is 13.2 Å². The van der Waals surface area contributed by atoms with Crippen molar-refractivity contribution in [3.63, 3.8) is 0 Å². The number of aryl methyl sites for hydroxylation is 1. The molecule has 0 aliphatic heterocycles. The second-order valence-corrected chi connectivity index (χ2v) is 5.70. The molecule has 0 unspecified atom stereocenters. The van der Waals surface area contributed by atoms with Gasteiger partial charge in [0.25, 0.3) is 5.56 Å². The average Bonchev–Trinajstić information content (AvgIpc) is 2.65. The molecule has 0 bridgehead atoms. The molecule has 140 valence electrons. The van der Waals surface area contributed by atoms with E-state index in [4.69, 9.17) is 4.74 Å². The zero-order valence-electron chi connectivity index (χ0n) is 13.9. The Labute approximate surface area is 151 Å². The highest BCUT2D eigenvalue weighted by Crippen LogP contribution is 2.32. The summed E-state index contributed by atoms with van der Waals surface area (Å²) in [6.07, 6.45) is -4.75. The van der Waals surface area contributed by atoms with E-state index < -0.39 is 29.9 Å². The molecule has 0 atom stereocenters. The van der Waals surface area contributed by atoms with E-state index in [0.717, 1.165) is 10.7 Å². The van der Waals surface area contributed by atoms with Gasteiger partial charge in [-0.15, -0.1) is 5.10 Å². The lowest BCUT2D eigenvalue weighted by atomic mass is 10.1. The van der Waals surface area contributed by atoms with Gasteiger partial charge in [0.1, 0.15) is 12.1 Å². The molecule has 3 rings (SSSR count). The summed E-state index contributed by atoms with van der Waals surface area (Å²) in [6.45, 7) is -0.594. The quantitative estimate of drug-likeness (QED) is 0.639. The number of nitrogens with zero attached hydrogens (tertiary/aromatic N) is 3. The maximum atomic E-state index is 12.9. The van der Waals surface area contributed by atoms with Gasteiger partial charge in [0.05, 0.1) is 23.9 Å². The van der Waals surface area contributed by atoms with Gasteiger partial charge in [-0.1, -0.05) is 35.5 Å². The number of hydrogen-bond donors (Lipinski definition) is 0.